The fourth-order valence-corrected chi connectivity index (χ4v) is 2.86. The van der Waals surface area contributed by atoms with E-state index in [-0.39, 0.29) is 29.8 Å². The molecule has 0 aromatic rings. The van der Waals surface area contributed by atoms with Crippen LogP contribution in [0.5, 0.6) is 0 Å². The first-order valence-corrected chi connectivity index (χ1v) is 6.72. The van der Waals surface area contributed by atoms with Crippen molar-refractivity contribution in [2.45, 2.75) is 57.7 Å². The molecule has 0 spiro atoms. The molecule has 1 aliphatic heterocycles. The number of carbonyl (C=O) groups excluding carboxylic acids is 2. The number of hydrogen-bond acceptors (Lipinski definition) is 2. The predicted octanol–water partition coefficient (Wildman–Crippen LogP) is 0.910. The van der Waals surface area contributed by atoms with Crippen molar-refractivity contribution in [2.75, 3.05) is 0 Å². The quantitative estimate of drug-likeness (QED) is 0.792. The molecule has 0 radical (unpaired) electrons. The van der Waals surface area contributed by atoms with Crippen molar-refractivity contribution in [1.29, 1.82) is 0 Å². The number of rotatable bonds is 3. The van der Waals surface area contributed by atoms with Crippen LogP contribution in [0.25, 0.3) is 0 Å². The first kappa shape index (κ1) is 11.1. The first-order valence-electron chi connectivity index (χ1n) is 6.72. The molecule has 3 aliphatic rings. The molecule has 94 valence electrons. The summed E-state index contributed by atoms with van der Waals surface area (Å²) >= 11 is 0. The Morgan fingerprint density at radius 3 is 2.29 bits per heavy atom. The fourth-order valence-electron chi connectivity index (χ4n) is 2.86. The number of nitrogens with one attached hydrogen (secondary N) is 1. The standard InChI is InChI=1S/C13H20N2O2/c1-7(2)11-12(16)14-10(8-3-4-8)13(17)15(11)9-5-6-9/h7-11H,3-6H2,1-2H3,(H,14,16). The average Bonchev–Trinajstić information content (AvgIpc) is 3.14. The van der Waals surface area contributed by atoms with Crippen molar-refractivity contribution in [3.05, 3.63) is 0 Å². The summed E-state index contributed by atoms with van der Waals surface area (Å²) in [5, 5.41) is 2.94. The smallest absolute Gasteiger partial charge is 0.246 e. The lowest BCUT2D eigenvalue weighted by Gasteiger charge is -2.41. The van der Waals surface area contributed by atoms with E-state index in [9.17, 15) is 9.59 Å². The SMILES string of the molecule is CC(C)C1C(=O)NC(C2CC2)C(=O)N1C1CC1. The maximum atomic E-state index is 12.5. The van der Waals surface area contributed by atoms with Crippen LogP contribution >= 0.6 is 0 Å². The van der Waals surface area contributed by atoms with Crippen LogP contribution in [0.4, 0.5) is 0 Å². The highest BCUT2D eigenvalue weighted by molar-refractivity contribution is 5.97. The highest BCUT2D eigenvalue weighted by atomic mass is 16.2. The molecular formula is C13H20N2O2. The number of nitrogens with zero attached hydrogens (tertiary/aromatic N) is 1. The molecule has 2 aliphatic carbocycles. The van der Waals surface area contributed by atoms with Gasteiger partial charge in [0.1, 0.15) is 12.1 Å². The lowest BCUT2D eigenvalue weighted by atomic mass is 9.95. The van der Waals surface area contributed by atoms with Crippen LogP contribution in [0.3, 0.4) is 0 Å². The van der Waals surface area contributed by atoms with E-state index in [1.165, 1.54) is 0 Å². The number of piperazine rings is 1. The highest BCUT2D eigenvalue weighted by Gasteiger charge is 2.51. The van der Waals surface area contributed by atoms with Crippen molar-refractivity contribution in [3.8, 4) is 0 Å². The molecule has 1 saturated heterocycles. The molecule has 0 aromatic heterocycles. The molecule has 17 heavy (non-hydrogen) atoms. The van der Waals surface area contributed by atoms with Crippen molar-refractivity contribution < 1.29 is 9.59 Å². The molecule has 2 saturated carbocycles. The molecule has 4 heteroatoms. The fraction of sp³-hybridized carbons (Fsp3) is 0.846. The summed E-state index contributed by atoms with van der Waals surface area (Å²) < 4.78 is 0. The summed E-state index contributed by atoms with van der Waals surface area (Å²) in [5.41, 5.74) is 0. The monoisotopic (exact) mass is 236 g/mol. The molecule has 1 heterocycles. The van der Waals surface area contributed by atoms with E-state index in [1.807, 2.05) is 18.7 Å². The van der Waals surface area contributed by atoms with E-state index in [2.05, 4.69) is 5.32 Å². The van der Waals surface area contributed by atoms with Gasteiger partial charge in [0.25, 0.3) is 0 Å². The van der Waals surface area contributed by atoms with Gasteiger partial charge >= 0.3 is 0 Å². The summed E-state index contributed by atoms with van der Waals surface area (Å²) in [5.74, 6) is 0.831. The number of carbonyl (C=O) groups is 2. The molecule has 4 nitrogen and oxygen atoms in total. The summed E-state index contributed by atoms with van der Waals surface area (Å²) in [6.07, 6.45) is 4.31. The van der Waals surface area contributed by atoms with Crippen molar-refractivity contribution in [2.24, 2.45) is 11.8 Å². The van der Waals surface area contributed by atoms with Gasteiger partial charge in [-0.05, 0) is 37.5 Å². The van der Waals surface area contributed by atoms with Gasteiger partial charge in [-0.1, -0.05) is 13.8 Å². The van der Waals surface area contributed by atoms with Gasteiger partial charge in [0, 0.05) is 6.04 Å². The molecular weight excluding hydrogens is 216 g/mol. The highest BCUT2D eigenvalue weighted by Crippen LogP contribution is 2.39. The van der Waals surface area contributed by atoms with E-state index in [0.29, 0.717) is 12.0 Å². The van der Waals surface area contributed by atoms with Gasteiger partial charge in [-0.3, -0.25) is 9.59 Å². The molecule has 2 unspecified atom stereocenters. The minimum atomic E-state index is -0.245. The summed E-state index contributed by atoms with van der Waals surface area (Å²) in [4.78, 5) is 26.5. The predicted molar refractivity (Wildman–Crippen MR) is 63.1 cm³/mol. The zero-order valence-corrected chi connectivity index (χ0v) is 10.5. The normalized spacial score (nSPS) is 34.2. The second-order valence-corrected chi connectivity index (χ2v) is 5.99. The summed E-state index contributed by atoms with van der Waals surface area (Å²) in [6.45, 7) is 4.04. The van der Waals surface area contributed by atoms with E-state index in [1.54, 1.807) is 0 Å². The second kappa shape index (κ2) is 3.72. The van der Waals surface area contributed by atoms with Crippen molar-refractivity contribution in [1.82, 2.24) is 10.2 Å². The van der Waals surface area contributed by atoms with Gasteiger partial charge in [-0.2, -0.15) is 0 Å². The molecule has 3 rings (SSSR count). The van der Waals surface area contributed by atoms with E-state index in [4.69, 9.17) is 0 Å². The third-order valence-electron chi connectivity index (χ3n) is 4.05. The van der Waals surface area contributed by atoms with Crippen molar-refractivity contribution >= 4 is 11.8 Å². The Kier molecular flexibility index (Phi) is 2.42. The largest absolute Gasteiger partial charge is 0.342 e. The van der Waals surface area contributed by atoms with Gasteiger partial charge in [0.15, 0.2) is 0 Å². The Labute approximate surface area is 102 Å². The molecule has 2 amide bonds. The van der Waals surface area contributed by atoms with Crippen molar-refractivity contribution in [3.63, 3.8) is 0 Å². The Morgan fingerprint density at radius 2 is 1.82 bits per heavy atom. The third kappa shape index (κ3) is 1.83. The molecule has 0 aromatic carbocycles. The lowest BCUT2D eigenvalue weighted by Crippen LogP contribution is -2.66. The van der Waals surface area contributed by atoms with Crippen LogP contribution in [0.15, 0.2) is 0 Å². The first-order chi connectivity index (χ1) is 8.09. The second-order valence-electron chi connectivity index (χ2n) is 5.99. The van der Waals surface area contributed by atoms with Gasteiger partial charge in [-0.15, -0.1) is 0 Å². The van der Waals surface area contributed by atoms with Gasteiger partial charge in [0.05, 0.1) is 0 Å². The summed E-state index contributed by atoms with van der Waals surface area (Å²) in [6, 6.07) is -0.134. The van der Waals surface area contributed by atoms with Crippen LogP contribution in [0.1, 0.15) is 39.5 Å². The van der Waals surface area contributed by atoms with Crippen LogP contribution in [-0.2, 0) is 9.59 Å². The third-order valence-corrected chi connectivity index (χ3v) is 4.05. The van der Waals surface area contributed by atoms with E-state index < -0.39 is 0 Å². The van der Waals surface area contributed by atoms with Crippen LogP contribution < -0.4 is 5.32 Å². The topological polar surface area (TPSA) is 49.4 Å². The zero-order chi connectivity index (χ0) is 12.2. The molecule has 2 atom stereocenters. The molecule has 0 bridgehead atoms. The van der Waals surface area contributed by atoms with Gasteiger partial charge in [-0.25, -0.2) is 0 Å². The van der Waals surface area contributed by atoms with E-state index >= 15 is 0 Å². The maximum absolute atomic E-state index is 12.5. The summed E-state index contributed by atoms with van der Waals surface area (Å²) in [7, 11) is 0. The van der Waals surface area contributed by atoms with Gasteiger partial charge in [0.2, 0.25) is 11.8 Å². The van der Waals surface area contributed by atoms with Crippen LogP contribution in [0, 0.1) is 11.8 Å². The molecule has 1 N–H and O–H groups in total. The average molecular weight is 236 g/mol. The minimum absolute atomic E-state index is 0.0587. The molecule has 3 fully saturated rings. The Balaban J connectivity index is 1.86. The zero-order valence-electron chi connectivity index (χ0n) is 10.5. The van der Waals surface area contributed by atoms with E-state index in [0.717, 1.165) is 25.7 Å². The Hall–Kier alpha value is -1.06. The van der Waals surface area contributed by atoms with Crippen LogP contribution in [-0.4, -0.2) is 34.8 Å². The minimum Gasteiger partial charge on any atom is -0.342 e. The number of amides is 2. The Morgan fingerprint density at radius 1 is 1.18 bits per heavy atom. The lowest BCUT2D eigenvalue weighted by molar-refractivity contribution is -0.152. The van der Waals surface area contributed by atoms with Gasteiger partial charge < -0.3 is 10.2 Å². The maximum Gasteiger partial charge on any atom is 0.246 e. The number of hydrogen-bond donors (Lipinski definition) is 1. The van der Waals surface area contributed by atoms with Crippen LogP contribution in [0.2, 0.25) is 0 Å². The Bertz CT molecular complexity index is 358.